The second-order valence-electron chi connectivity index (χ2n) is 9.16. The first-order valence-electron chi connectivity index (χ1n) is 12.6. The minimum absolute atomic E-state index is 0.225. The molecular weight excluding hydrogens is 513 g/mol. The Bertz CT molecular complexity index is 1200. The fourth-order valence-electron chi connectivity index (χ4n) is 4.53. The summed E-state index contributed by atoms with van der Waals surface area (Å²) >= 11 is 6.06. The Balaban J connectivity index is 1.53. The van der Waals surface area contributed by atoms with Crippen molar-refractivity contribution in [1.29, 1.82) is 0 Å². The minimum atomic E-state index is -0.446. The molecule has 3 aromatic rings. The lowest BCUT2D eigenvalue weighted by Gasteiger charge is -2.31. The molecule has 2 N–H and O–H groups in total. The largest absolute Gasteiger partial charge is 0.466 e. The number of H-pyrrole nitrogens is 1. The van der Waals surface area contributed by atoms with E-state index in [0.29, 0.717) is 48.7 Å². The average molecular weight is 544 g/mol. The number of halogens is 2. The van der Waals surface area contributed by atoms with Crippen LogP contribution in [0.1, 0.15) is 29.4 Å². The zero-order valence-electron chi connectivity index (χ0n) is 21.2. The summed E-state index contributed by atoms with van der Waals surface area (Å²) in [7, 11) is 0. The van der Waals surface area contributed by atoms with Crippen molar-refractivity contribution in [3.63, 3.8) is 0 Å². The molecule has 2 aromatic carbocycles. The van der Waals surface area contributed by atoms with Gasteiger partial charge in [0, 0.05) is 36.3 Å². The molecule has 0 saturated carbocycles. The Morgan fingerprint density at radius 3 is 2.66 bits per heavy atom. The van der Waals surface area contributed by atoms with E-state index in [1.807, 2.05) is 24.3 Å². The highest BCUT2D eigenvalue weighted by Gasteiger charge is 2.29. The highest BCUT2D eigenvalue weighted by molar-refractivity contribution is 6.30. The standard InChI is InChI=1S/C27H31ClFN5O4/c1-2-38-27(36)20(17-34-9-11-37-12-10-34)14-22(31-26(35)25-16-30-33-32-25)13-18-3-5-19(6-4-18)23-15-21(28)7-8-24(23)29/h3-8,15-16,20,22H,2,9-14,17H2,1H3,(H,31,35)(H,30,32,33)/t20-,22+/m0/s1. The molecule has 1 amide bonds. The monoisotopic (exact) mass is 543 g/mol. The predicted molar refractivity (Wildman–Crippen MR) is 140 cm³/mol. The molecule has 4 rings (SSSR count). The normalized spacial score (nSPS) is 15.6. The van der Waals surface area contributed by atoms with E-state index in [-0.39, 0.29) is 30.0 Å². The van der Waals surface area contributed by atoms with Gasteiger partial charge in [0.1, 0.15) is 11.5 Å². The van der Waals surface area contributed by atoms with Crippen LogP contribution < -0.4 is 5.32 Å². The molecule has 202 valence electrons. The number of rotatable bonds is 11. The minimum Gasteiger partial charge on any atom is -0.466 e. The van der Waals surface area contributed by atoms with Crippen LogP contribution in [0.25, 0.3) is 11.1 Å². The van der Waals surface area contributed by atoms with Gasteiger partial charge in [-0.1, -0.05) is 41.1 Å². The van der Waals surface area contributed by atoms with Gasteiger partial charge in [0.05, 0.1) is 31.9 Å². The Labute approximate surface area is 225 Å². The molecule has 0 bridgehead atoms. The number of nitrogens with one attached hydrogen (secondary N) is 2. The molecule has 1 aliphatic heterocycles. The Kier molecular flexibility index (Phi) is 9.80. The van der Waals surface area contributed by atoms with Gasteiger partial charge in [-0.05, 0) is 49.1 Å². The van der Waals surface area contributed by atoms with Crippen LogP contribution in [0.15, 0.2) is 48.7 Å². The Morgan fingerprint density at radius 2 is 1.97 bits per heavy atom. The van der Waals surface area contributed by atoms with E-state index in [0.717, 1.165) is 18.7 Å². The van der Waals surface area contributed by atoms with Crippen molar-refractivity contribution in [1.82, 2.24) is 25.6 Å². The van der Waals surface area contributed by atoms with Gasteiger partial charge in [-0.3, -0.25) is 19.6 Å². The van der Waals surface area contributed by atoms with E-state index >= 15 is 0 Å². The van der Waals surface area contributed by atoms with E-state index < -0.39 is 12.0 Å². The van der Waals surface area contributed by atoms with Crippen molar-refractivity contribution in [3.8, 4) is 11.1 Å². The predicted octanol–water partition coefficient (Wildman–Crippen LogP) is 3.51. The maximum Gasteiger partial charge on any atom is 0.310 e. The highest BCUT2D eigenvalue weighted by Crippen LogP contribution is 2.27. The van der Waals surface area contributed by atoms with Crippen LogP contribution in [0.3, 0.4) is 0 Å². The Morgan fingerprint density at radius 1 is 1.21 bits per heavy atom. The number of nitrogens with zero attached hydrogens (tertiary/aromatic N) is 3. The van der Waals surface area contributed by atoms with Crippen LogP contribution in [0.5, 0.6) is 0 Å². The van der Waals surface area contributed by atoms with Gasteiger partial charge >= 0.3 is 5.97 Å². The molecule has 1 aromatic heterocycles. The Hall–Kier alpha value is -3.34. The van der Waals surface area contributed by atoms with Gasteiger partial charge in [-0.2, -0.15) is 0 Å². The summed E-state index contributed by atoms with van der Waals surface area (Å²) in [6, 6.07) is 11.4. The first-order valence-corrected chi connectivity index (χ1v) is 13.0. The summed E-state index contributed by atoms with van der Waals surface area (Å²) in [4.78, 5) is 28.0. The molecule has 0 aliphatic carbocycles. The fourth-order valence-corrected chi connectivity index (χ4v) is 4.70. The molecule has 11 heteroatoms. The number of amides is 1. The smallest absolute Gasteiger partial charge is 0.310 e. The van der Waals surface area contributed by atoms with Crippen LogP contribution in [0.4, 0.5) is 4.39 Å². The number of carbonyl (C=O) groups is 2. The van der Waals surface area contributed by atoms with Crippen molar-refractivity contribution >= 4 is 23.5 Å². The van der Waals surface area contributed by atoms with E-state index in [1.165, 1.54) is 18.3 Å². The summed E-state index contributed by atoms with van der Waals surface area (Å²) in [5.74, 6) is -1.47. The summed E-state index contributed by atoms with van der Waals surface area (Å²) in [6.07, 6.45) is 2.16. The molecule has 0 unspecified atom stereocenters. The second-order valence-corrected chi connectivity index (χ2v) is 9.60. The first kappa shape index (κ1) is 27.7. The maximum absolute atomic E-state index is 14.3. The third-order valence-corrected chi connectivity index (χ3v) is 6.68. The van der Waals surface area contributed by atoms with Gasteiger partial charge < -0.3 is 14.8 Å². The van der Waals surface area contributed by atoms with E-state index in [4.69, 9.17) is 21.1 Å². The fraction of sp³-hybridized carbons (Fsp3) is 0.407. The number of morpholine rings is 1. The molecule has 1 saturated heterocycles. The molecule has 1 fully saturated rings. The zero-order chi connectivity index (χ0) is 26.9. The number of hydrogen-bond acceptors (Lipinski definition) is 7. The quantitative estimate of drug-likeness (QED) is 0.356. The summed E-state index contributed by atoms with van der Waals surface area (Å²) < 4.78 is 25.2. The molecule has 2 atom stereocenters. The van der Waals surface area contributed by atoms with Crippen molar-refractivity contribution in [2.75, 3.05) is 39.5 Å². The molecule has 2 heterocycles. The number of aromatic amines is 1. The van der Waals surface area contributed by atoms with Crippen molar-refractivity contribution in [2.24, 2.45) is 5.92 Å². The third kappa shape index (κ3) is 7.59. The number of hydrogen-bond donors (Lipinski definition) is 2. The van der Waals surface area contributed by atoms with Gasteiger partial charge in [0.15, 0.2) is 0 Å². The van der Waals surface area contributed by atoms with Crippen LogP contribution in [0.2, 0.25) is 5.02 Å². The molecule has 9 nitrogen and oxygen atoms in total. The van der Waals surface area contributed by atoms with E-state index in [2.05, 4.69) is 25.6 Å². The van der Waals surface area contributed by atoms with Crippen LogP contribution >= 0.6 is 11.6 Å². The molecule has 1 aliphatic rings. The number of carbonyl (C=O) groups excluding carboxylic acids is 2. The highest BCUT2D eigenvalue weighted by atomic mass is 35.5. The SMILES string of the molecule is CCOC(=O)[C@@H](C[C@@H](Cc1ccc(-c2cc(Cl)ccc2F)cc1)NC(=O)c1cnn[nH]1)CN1CCOCC1. The summed E-state index contributed by atoms with van der Waals surface area (Å²) in [5.41, 5.74) is 2.24. The number of ether oxygens (including phenoxy) is 2. The van der Waals surface area contributed by atoms with Crippen LogP contribution in [-0.4, -0.2) is 77.7 Å². The van der Waals surface area contributed by atoms with Gasteiger partial charge in [0.2, 0.25) is 0 Å². The lowest BCUT2D eigenvalue weighted by atomic mass is 9.93. The number of aromatic nitrogens is 3. The van der Waals surface area contributed by atoms with Crippen LogP contribution in [-0.2, 0) is 20.7 Å². The van der Waals surface area contributed by atoms with Gasteiger partial charge in [-0.25, -0.2) is 4.39 Å². The average Bonchev–Trinajstić information content (AvgIpc) is 3.46. The molecule has 0 radical (unpaired) electrons. The van der Waals surface area contributed by atoms with Crippen LogP contribution in [0, 0.1) is 11.7 Å². The van der Waals surface area contributed by atoms with Gasteiger partial charge in [0.25, 0.3) is 5.91 Å². The molecular formula is C27H31ClFN5O4. The number of esters is 1. The number of benzene rings is 2. The summed E-state index contributed by atoms with van der Waals surface area (Å²) in [5, 5.41) is 13.3. The third-order valence-electron chi connectivity index (χ3n) is 6.44. The van der Waals surface area contributed by atoms with Crippen molar-refractivity contribution in [2.45, 2.75) is 25.8 Å². The molecule has 0 spiro atoms. The lowest BCUT2D eigenvalue weighted by Crippen LogP contribution is -2.45. The van der Waals surface area contributed by atoms with Crippen molar-refractivity contribution < 1.29 is 23.5 Å². The van der Waals surface area contributed by atoms with Gasteiger partial charge in [-0.15, -0.1) is 5.10 Å². The second kappa shape index (κ2) is 13.5. The maximum atomic E-state index is 14.3. The van der Waals surface area contributed by atoms with E-state index in [9.17, 15) is 14.0 Å². The summed E-state index contributed by atoms with van der Waals surface area (Å²) in [6.45, 7) is 5.25. The van der Waals surface area contributed by atoms with Crippen molar-refractivity contribution in [3.05, 3.63) is 70.8 Å². The first-order chi connectivity index (χ1) is 18.4. The topological polar surface area (TPSA) is 109 Å². The van der Waals surface area contributed by atoms with E-state index in [1.54, 1.807) is 13.0 Å². The molecule has 38 heavy (non-hydrogen) atoms. The zero-order valence-corrected chi connectivity index (χ0v) is 21.9. The lowest BCUT2D eigenvalue weighted by molar-refractivity contribution is -0.149.